The number of amides is 1. The van der Waals surface area contributed by atoms with Crippen molar-refractivity contribution in [3.8, 4) is 0 Å². The van der Waals surface area contributed by atoms with Crippen LogP contribution >= 0.6 is 0 Å². The molecule has 0 bridgehead atoms. The number of primary amides is 1. The van der Waals surface area contributed by atoms with Crippen molar-refractivity contribution < 1.29 is 9.21 Å². The van der Waals surface area contributed by atoms with Crippen LogP contribution in [0.1, 0.15) is 13.8 Å². The standard InChI is InChI=1S/C13H18N4O2/c1-8(2)6-17(7-11(15)18)13-16-12-9(14)4-3-5-10(12)19-13/h3-5,8H,6-7,14H2,1-2H3,(H2,15,18). The van der Waals surface area contributed by atoms with Gasteiger partial charge in [0.1, 0.15) is 12.1 Å². The number of nitrogens with zero attached hydrogens (tertiary/aromatic N) is 2. The van der Waals surface area contributed by atoms with Gasteiger partial charge in [0.15, 0.2) is 5.58 Å². The maximum atomic E-state index is 11.1. The zero-order valence-electron chi connectivity index (χ0n) is 11.1. The van der Waals surface area contributed by atoms with Crippen LogP contribution in [0, 0.1) is 5.92 Å². The molecule has 0 aliphatic heterocycles. The summed E-state index contributed by atoms with van der Waals surface area (Å²) in [6.07, 6.45) is 0. The monoisotopic (exact) mass is 262 g/mol. The van der Waals surface area contributed by atoms with E-state index in [-0.39, 0.29) is 6.54 Å². The van der Waals surface area contributed by atoms with Crippen molar-refractivity contribution in [2.75, 3.05) is 23.7 Å². The average molecular weight is 262 g/mol. The van der Waals surface area contributed by atoms with E-state index >= 15 is 0 Å². The van der Waals surface area contributed by atoms with Crippen LogP contribution < -0.4 is 16.4 Å². The molecule has 4 N–H and O–H groups in total. The molecule has 1 amide bonds. The highest BCUT2D eigenvalue weighted by Crippen LogP contribution is 2.26. The van der Waals surface area contributed by atoms with E-state index < -0.39 is 5.91 Å². The molecule has 0 radical (unpaired) electrons. The molecule has 1 aromatic heterocycles. The van der Waals surface area contributed by atoms with Crippen LogP contribution in [0.5, 0.6) is 0 Å². The van der Waals surface area contributed by atoms with Crippen LogP contribution in [0.15, 0.2) is 22.6 Å². The van der Waals surface area contributed by atoms with Gasteiger partial charge in [0.25, 0.3) is 6.01 Å². The van der Waals surface area contributed by atoms with E-state index in [0.29, 0.717) is 35.3 Å². The number of hydrogen-bond acceptors (Lipinski definition) is 5. The summed E-state index contributed by atoms with van der Waals surface area (Å²) in [5.74, 6) is -0.0670. The summed E-state index contributed by atoms with van der Waals surface area (Å²) < 4.78 is 5.64. The van der Waals surface area contributed by atoms with Crippen LogP contribution in [0.25, 0.3) is 11.1 Å². The summed E-state index contributed by atoms with van der Waals surface area (Å²) in [5, 5.41) is 0. The smallest absolute Gasteiger partial charge is 0.298 e. The Hall–Kier alpha value is -2.24. The predicted molar refractivity (Wildman–Crippen MR) is 74.7 cm³/mol. The summed E-state index contributed by atoms with van der Waals surface area (Å²) in [7, 11) is 0. The molecule has 0 aliphatic carbocycles. The SMILES string of the molecule is CC(C)CN(CC(N)=O)c1nc2c(N)cccc2o1. The first-order chi connectivity index (χ1) is 8.97. The van der Waals surface area contributed by atoms with Gasteiger partial charge < -0.3 is 20.8 Å². The number of hydrogen-bond donors (Lipinski definition) is 2. The summed E-state index contributed by atoms with van der Waals surface area (Å²) in [5.41, 5.74) is 12.9. The van der Waals surface area contributed by atoms with Crippen molar-refractivity contribution in [3.05, 3.63) is 18.2 Å². The minimum atomic E-state index is -0.420. The Morgan fingerprint density at radius 3 is 2.79 bits per heavy atom. The van der Waals surface area contributed by atoms with Crippen molar-refractivity contribution >= 4 is 28.7 Å². The fraction of sp³-hybridized carbons (Fsp3) is 0.385. The Bertz CT molecular complexity index is 591. The molecule has 0 unspecified atom stereocenters. The highest BCUT2D eigenvalue weighted by Gasteiger charge is 2.18. The Balaban J connectivity index is 2.37. The topological polar surface area (TPSA) is 98.4 Å². The Labute approximate surface area is 111 Å². The molecule has 0 aliphatic rings. The Morgan fingerprint density at radius 2 is 2.21 bits per heavy atom. The zero-order valence-corrected chi connectivity index (χ0v) is 11.1. The fourth-order valence-corrected chi connectivity index (χ4v) is 1.93. The van der Waals surface area contributed by atoms with Crippen LogP contribution in [0.3, 0.4) is 0 Å². The molecule has 0 spiro atoms. The number of aromatic nitrogens is 1. The zero-order chi connectivity index (χ0) is 14.0. The summed E-state index contributed by atoms with van der Waals surface area (Å²) in [4.78, 5) is 17.2. The third-order valence-electron chi connectivity index (χ3n) is 2.64. The second-order valence-electron chi connectivity index (χ2n) is 4.93. The molecule has 2 aromatic rings. The van der Waals surface area contributed by atoms with Gasteiger partial charge in [-0.15, -0.1) is 0 Å². The van der Waals surface area contributed by atoms with Crippen LogP contribution in [0.4, 0.5) is 11.7 Å². The minimum Gasteiger partial charge on any atom is -0.423 e. The summed E-state index contributed by atoms with van der Waals surface area (Å²) in [6, 6.07) is 5.73. The highest BCUT2D eigenvalue weighted by atomic mass is 16.4. The molecule has 1 aromatic carbocycles. The lowest BCUT2D eigenvalue weighted by Crippen LogP contribution is -2.36. The number of rotatable bonds is 5. The molecule has 0 saturated heterocycles. The molecule has 6 heteroatoms. The van der Waals surface area contributed by atoms with Crippen molar-refractivity contribution in [3.63, 3.8) is 0 Å². The van der Waals surface area contributed by atoms with E-state index in [1.54, 1.807) is 23.1 Å². The molecule has 19 heavy (non-hydrogen) atoms. The number of anilines is 2. The Morgan fingerprint density at radius 1 is 1.47 bits per heavy atom. The lowest BCUT2D eigenvalue weighted by atomic mass is 10.2. The predicted octanol–water partition coefficient (Wildman–Crippen LogP) is 1.36. The number of para-hydroxylation sites is 1. The first-order valence-electron chi connectivity index (χ1n) is 6.15. The van der Waals surface area contributed by atoms with E-state index in [0.717, 1.165) is 0 Å². The van der Waals surface area contributed by atoms with E-state index in [1.807, 2.05) is 13.8 Å². The lowest BCUT2D eigenvalue weighted by Gasteiger charge is -2.20. The molecule has 0 saturated carbocycles. The normalized spacial score (nSPS) is 11.1. The molecular formula is C13H18N4O2. The van der Waals surface area contributed by atoms with Crippen LogP contribution in [0.2, 0.25) is 0 Å². The van der Waals surface area contributed by atoms with Gasteiger partial charge in [0.05, 0.1) is 5.69 Å². The molecule has 0 atom stereocenters. The maximum absolute atomic E-state index is 11.1. The number of nitrogens with two attached hydrogens (primary N) is 2. The van der Waals surface area contributed by atoms with Gasteiger partial charge in [-0.1, -0.05) is 19.9 Å². The second kappa shape index (κ2) is 5.17. The second-order valence-corrected chi connectivity index (χ2v) is 4.93. The summed E-state index contributed by atoms with van der Waals surface area (Å²) in [6.45, 7) is 4.80. The van der Waals surface area contributed by atoms with Crippen molar-refractivity contribution in [1.29, 1.82) is 0 Å². The van der Waals surface area contributed by atoms with E-state index in [1.165, 1.54) is 0 Å². The van der Waals surface area contributed by atoms with E-state index in [9.17, 15) is 4.79 Å². The van der Waals surface area contributed by atoms with Gasteiger partial charge in [-0.2, -0.15) is 4.98 Å². The minimum absolute atomic E-state index is 0.0743. The van der Waals surface area contributed by atoms with E-state index in [2.05, 4.69) is 4.98 Å². The van der Waals surface area contributed by atoms with Gasteiger partial charge in [-0.3, -0.25) is 4.79 Å². The van der Waals surface area contributed by atoms with Gasteiger partial charge in [-0.05, 0) is 18.1 Å². The highest BCUT2D eigenvalue weighted by molar-refractivity contribution is 5.87. The fourth-order valence-electron chi connectivity index (χ4n) is 1.93. The number of fused-ring (bicyclic) bond motifs is 1. The van der Waals surface area contributed by atoms with E-state index in [4.69, 9.17) is 15.9 Å². The van der Waals surface area contributed by atoms with Gasteiger partial charge in [0.2, 0.25) is 5.91 Å². The number of oxazole rings is 1. The first-order valence-corrected chi connectivity index (χ1v) is 6.15. The quantitative estimate of drug-likeness (QED) is 0.793. The van der Waals surface area contributed by atoms with Crippen molar-refractivity contribution in [2.24, 2.45) is 11.7 Å². The number of carbonyl (C=O) groups is 1. The third kappa shape index (κ3) is 2.96. The lowest BCUT2D eigenvalue weighted by molar-refractivity contribution is -0.116. The first kappa shape index (κ1) is 13.2. The van der Waals surface area contributed by atoms with Crippen LogP contribution in [-0.4, -0.2) is 24.0 Å². The van der Waals surface area contributed by atoms with Gasteiger partial charge in [-0.25, -0.2) is 0 Å². The van der Waals surface area contributed by atoms with Crippen molar-refractivity contribution in [2.45, 2.75) is 13.8 Å². The Kier molecular flexibility index (Phi) is 3.59. The molecule has 1 heterocycles. The molecule has 0 fully saturated rings. The summed E-state index contributed by atoms with van der Waals surface area (Å²) >= 11 is 0. The van der Waals surface area contributed by atoms with Crippen LogP contribution in [-0.2, 0) is 4.79 Å². The maximum Gasteiger partial charge on any atom is 0.298 e. The molecule has 2 rings (SSSR count). The van der Waals surface area contributed by atoms with Gasteiger partial charge in [0, 0.05) is 6.54 Å². The number of nitrogen functional groups attached to an aromatic ring is 1. The average Bonchev–Trinajstić information content (AvgIpc) is 2.72. The molecule has 102 valence electrons. The number of benzene rings is 1. The number of carbonyl (C=O) groups excluding carboxylic acids is 1. The van der Waals surface area contributed by atoms with Gasteiger partial charge >= 0.3 is 0 Å². The molecular weight excluding hydrogens is 244 g/mol. The molecule has 6 nitrogen and oxygen atoms in total. The van der Waals surface area contributed by atoms with Crippen molar-refractivity contribution in [1.82, 2.24) is 4.98 Å². The third-order valence-corrected chi connectivity index (χ3v) is 2.64. The largest absolute Gasteiger partial charge is 0.423 e.